The smallest absolute Gasteiger partial charge is 0.269 e. The molecule has 166 valence electrons. The van der Waals surface area contributed by atoms with Gasteiger partial charge in [0.15, 0.2) is 10.4 Å². The lowest BCUT2D eigenvalue weighted by atomic mass is 10.2. The molecular formula is C21H20N4O4S3. The van der Waals surface area contributed by atoms with Gasteiger partial charge in [-0.15, -0.1) is 16.8 Å². The number of anilines is 2. The Morgan fingerprint density at radius 1 is 1.22 bits per heavy atom. The van der Waals surface area contributed by atoms with Gasteiger partial charge in [0, 0.05) is 5.75 Å². The Morgan fingerprint density at radius 3 is 2.75 bits per heavy atom. The number of thioether (sulfide) groups is 1. The predicted octanol–water partition coefficient (Wildman–Crippen LogP) is 3.55. The highest BCUT2D eigenvalue weighted by Gasteiger charge is 2.37. The fourth-order valence-corrected chi connectivity index (χ4v) is 6.20. The number of amides is 1. The fourth-order valence-electron chi connectivity index (χ4n) is 3.10. The molecule has 0 bridgehead atoms. The third-order valence-electron chi connectivity index (χ3n) is 4.52. The molecule has 0 spiro atoms. The second kappa shape index (κ2) is 9.72. The van der Waals surface area contributed by atoms with Crippen LogP contribution in [0.4, 0.5) is 10.8 Å². The molecule has 0 saturated heterocycles. The molecule has 1 unspecified atom stereocenters. The van der Waals surface area contributed by atoms with Gasteiger partial charge in [-0.05, 0) is 17.7 Å². The fraction of sp³-hybridized carbons (Fsp3) is 0.190. The Balaban J connectivity index is 1.54. The first-order chi connectivity index (χ1) is 15.5. The van der Waals surface area contributed by atoms with E-state index in [2.05, 4.69) is 22.1 Å². The molecule has 3 aromatic rings. The van der Waals surface area contributed by atoms with Crippen LogP contribution in [-0.4, -0.2) is 42.9 Å². The lowest BCUT2D eigenvalue weighted by molar-refractivity contribution is -0.122. The number of rotatable bonds is 8. The van der Waals surface area contributed by atoms with E-state index in [1.54, 1.807) is 54.6 Å². The Bertz CT molecular complexity index is 1210. The van der Waals surface area contributed by atoms with Crippen LogP contribution < -0.4 is 14.4 Å². The number of fused-ring (bicyclic) bond motifs is 1. The Kier molecular flexibility index (Phi) is 6.77. The van der Waals surface area contributed by atoms with Crippen LogP contribution in [0.5, 0.6) is 5.75 Å². The van der Waals surface area contributed by atoms with Crippen LogP contribution in [-0.2, 0) is 20.6 Å². The van der Waals surface area contributed by atoms with Gasteiger partial charge in [0.05, 0.1) is 18.0 Å². The summed E-state index contributed by atoms with van der Waals surface area (Å²) in [6.07, 6.45) is 0.714. The molecule has 0 saturated carbocycles. The van der Waals surface area contributed by atoms with Gasteiger partial charge in [0.25, 0.3) is 5.91 Å². The van der Waals surface area contributed by atoms with Crippen molar-refractivity contribution >= 4 is 49.8 Å². The number of sulfonamides is 1. The standard InChI is InChI=1S/C21H20N4O4S3/c1-2-12-30-21-24-23-20(31-21)22-19(26)18-13-25(16-10-6-7-11-17(16)29-18)32(27,28)14-15-8-4-3-5-9-15/h2-11,18H,1,12-14H2,(H,22,23,26). The quantitative estimate of drug-likeness (QED) is 0.294. The number of carbonyl (C=O) groups excluding carboxylic acids is 1. The molecule has 1 aromatic heterocycles. The Morgan fingerprint density at radius 2 is 1.97 bits per heavy atom. The molecule has 2 aromatic carbocycles. The first-order valence-electron chi connectivity index (χ1n) is 9.64. The van der Waals surface area contributed by atoms with Crippen molar-refractivity contribution < 1.29 is 17.9 Å². The summed E-state index contributed by atoms with van der Waals surface area (Å²) in [5, 5.41) is 11.0. The zero-order valence-corrected chi connectivity index (χ0v) is 19.3. The van der Waals surface area contributed by atoms with Crippen molar-refractivity contribution in [3.63, 3.8) is 0 Å². The van der Waals surface area contributed by atoms with Crippen molar-refractivity contribution in [1.82, 2.24) is 10.2 Å². The molecule has 1 N–H and O–H groups in total. The summed E-state index contributed by atoms with van der Waals surface area (Å²) in [5.74, 6) is 0.335. The molecule has 2 heterocycles. The van der Waals surface area contributed by atoms with E-state index in [1.165, 1.54) is 27.4 Å². The van der Waals surface area contributed by atoms with Gasteiger partial charge in [-0.3, -0.25) is 14.4 Å². The third-order valence-corrected chi connectivity index (χ3v) is 8.20. The maximum atomic E-state index is 13.3. The van der Waals surface area contributed by atoms with Crippen molar-refractivity contribution in [3.05, 3.63) is 72.8 Å². The van der Waals surface area contributed by atoms with Gasteiger partial charge in [-0.2, -0.15) is 0 Å². The highest BCUT2D eigenvalue weighted by Crippen LogP contribution is 2.36. The monoisotopic (exact) mass is 488 g/mol. The molecule has 1 aliphatic heterocycles. The number of carbonyl (C=O) groups is 1. The van der Waals surface area contributed by atoms with E-state index in [4.69, 9.17) is 4.74 Å². The van der Waals surface area contributed by atoms with Crippen molar-refractivity contribution in [3.8, 4) is 5.75 Å². The zero-order valence-electron chi connectivity index (χ0n) is 16.9. The molecule has 8 nitrogen and oxygen atoms in total. The van der Waals surface area contributed by atoms with E-state index in [-0.39, 0.29) is 12.3 Å². The van der Waals surface area contributed by atoms with E-state index in [9.17, 15) is 13.2 Å². The summed E-state index contributed by atoms with van der Waals surface area (Å²) < 4.78 is 34.3. The van der Waals surface area contributed by atoms with Crippen LogP contribution in [0.2, 0.25) is 0 Å². The van der Waals surface area contributed by atoms with E-state index >= 15 is 0 Å². The average molecular weight is 489 g/mol. The summed E-state index contributed by atoms with van der Waals surface area (Å²) in [6, 6.07) is 15.7. The Labute approximate surface area is 194 Å². The number of ether oxygens (including phenoxy) is 1. The van der Waals surface area contributed by atoms with Gasteiger partial charge < -0.3 is 4.74 Å². The topological polar surface area (TPSA) is 101 Å². The van der Waals surface area contributed by atoms with E-state index in [0.717, 1.165) is 0 Å². The van der Waals surface area contributed by atoms with Crippen molar-refractivity contribution in [2.45, 2.75) is 16.2 Å². The van der Waals surface area contributed by atoms with Gasteiger partial charge in [-0.1, -0.05) is 71.6 Å². The van der Waals surface area contributed by atoms with Gasteiger partial charge in [-0.25, -0.2) is 8.42 Å². The van der Waals surface area contributed by atoms with Crippen LogP contribution >= 0.6 is 23.1 Å². The first-order valence-corrected chi connectivity index (χ1v) is 13.1. The SMILES string of the molecule is C=CCSc1nnc(NC(=O)C2CN(S(=O)(=O)Cc3ccccc3)c3ccccc3O2)s1. The van der Waals surface area contributed by atoms with Gasteiger partial charge in [0.1, 0.15) is 5.75 Å². The van der Waals surface area contributed by atoms with Crippen molar-refractivity contribution in [1.29, 1.82) is 0 Å². The van der Waals surface area contributed by atoms with Gasteiger partial charge >= 0.3 is 0 Å². The van der Waals surface area contributed by atoms with E-state index in [0.29, 0.717) is 32.2 Å². The zero-order chi connectivity index (χ0) is 22.6. The van der Waals surface area contributed by atoms with Gasteiger partial charge in [0.2, 0.25) is 15.2 Å². The largest absolute Gasteiger partial charge is 0.476 e. The molecule has 0 radical (unpaired) electrons. The lowest BCUT2D eigenvalue weighted by Gasteiger charge is -2.34. The van der Waals surface area contributed by atoms with E-state index < -0.39 is 22.0 Å². The molecule has 1 atom stereocenters. The molecule has 11 heteroatoms. The molecule has 1 amide bonds. The number of para-hydroxylation sites is 2. The number of hydrogen-bond donors (Lipinski definition) is 1. The summed E-state index contributed by atoms with van der Waals surface area (Å²) in [6.45, 7) is 3.52. The minimum atomic E-state index is -3.76. The predicted molar refractivity (Wildman–Crippen MR) is 127 cm³/mol. The van der Waals surface area contributed by atoms with Crippen LogP contribution in [0.1, 0.15) is 5.56 Å². The molecule has 0 fully saturated rings. The average Bonchev–Trinajstić information content (AvgIpc) is 3.24. The second-order valence-electron chi connectivity index (χ2n) is 6.81. The highest BCUT2D eigenvalue weighted by atomic mass is 32.2. The van der Waals surface area contributed by atoms with E-state index in [1.807, 2.05) is 6.07 Å². The molecule has 0 aliphatic carbocycles. The number of hydrogen-bond acceptors (Lipinski definition) is 8. The maximum absolute atomic E-state index is 13.3. The minimum Gasteiger partial charge on any atom is -0.476 e. The number of nitrogens with one attached hydrogen (secondary N) is 1. The summed E-state index contributed by atoms with van der Waals surface area (Å²) >= 11 is 2.69. The molecule has 1 aliphatic rings. The Hall–Kier alpha value is -2.89. The number of aromatic nitrogens is 2. The minimum absolute atomic E-state index is 0.144. The second-order valence-corrected chi connectivity index (χ2v) is 10.9. The summed E-state index contributed by atoms with van der Waals surface area (Å²) in [4.78, 5) is 12.9. The summed E-state index contributed by atoms with van der Waals surface area (Å²) in [7, 11) is -3.76. The summed E-state index contributed by atoms with van der Waals surface area (Å²) in [5.41, 5.74) is 1.07. The van der Waals surface area contributed by atoms with Crippen LogP contribution in [0.15, 0.2) is 71.6 Å². The first kappa shape index (κ1) is 22.3. The van der Waals surface area contributed by atoms with Crippen molar-refractivity contribution in [2.24, 2.45) is 0 Å². The number of benzene rings is 2. The molecule has 4 rings (SSSR count). The van der Waals surface area contributed by atoms with Crippen LogP contribution in [0, 0.1) is 0 Å². The maximum Gasteiger partial charge on any atom is 0.269 e. The third kappa shape index (κ3) is 5.12. The van der Waals surface area contributed by atoms with Crippen LogP contribution in [0.25, 0.3) is 0 Å². The normalized spacial score (nSPS) is 15.5. The molecule has 32 heavy (non-hydrogen) atoms. The molecular weight excluding hydrogens is 468 g/mol. The van der Waals surface area contributed by atoms with Crippen molar-refractivity contribution in [2.75, 3.05) is 21.9 Å². The van der Waals surface area contributed by atoms with Crippen LogP contribution in [0.3, 0.4) is 0 Å². The number of nitrogens with zero attached hydrogens (tertiary/aromatic N) is 3. The lowest BCUT2D eigenvalue weighted by Crippen LogP contribution is -2.49. The highest BCUT2D eigenvalue weighted by molar-refractivity contribution is 8.01.